The highest BCUT2D eigenvalue weighted by Crippen LogP contribution is 2.23. The van der Waals surface area contributed by atoms with Crippen molar-refractivity contribution >= 4 is 5.91 Å². The molecule has 4 rings (SSSR count). The molecule has 0 aliphatic carbocycles. The summed E-state index contributed by atoms with van der Waals surface area (Å²) < 4.78 is 5.84. The number of tetrazole rings is 1. The molecule has 0 aliphatic rings. The van der Waals surface area contributed by atoms with Crippen LogP contribution in [0.3, 0.4) is 0 Å². The van der Waals surface area contributed by atoms with Gasteiger partial charge in [-0.05, 0) is 29.5 Å². The summed E-state index contributed by atoms with van der Waals surface area (Å²) >= 11 is 0. The van der Waals surface area contributed by atoms with Gasteiger partial charge in [0.2, 0.25) is 11.7 Å². The minimum Gasteiger partial charge on any atom is -0.439 e. The Kier molecular flexibility index (Phi) is 5.01. The summed E-state index contributed by atoms with van der Waals surface area (Å²) in [5, 5.41) is 16.7. The normalized spacial score (nSPS) is 10.4. The number of rotatable bonds is 6. The molecule has 2 N–H and O–H groups in total. The summed E-state index contributed by atoms with van der Waals surface area (Å²) in [6.45, 7) is 0.259. The van der Waals surface area contributed by atoms with Gasteiger partial charge in [0, 0.05) is 23.9 Å². The summed E-state index contributed by atoms with van der Waals surface area (Å²) in [6.07, 6.45) is 1.65. The van der Waals surface area contributed by atoms with Crippen molar-refractivity contribution in [1.29, 1.82) is 0 Å². The van der Waals surface area contributed by atoms with Crippen molar-refractivity contribution in [2.45, 2.75) is 6.54 Å². The van der Waals surface area contributed by atoms with Crippen molar-refractivity contribution in [2.75, 3.05) is 0 Å². The molecule has 2 heterocycles. The highest BCUT2D eigenvalue weighted by atomic mass is 16.5. The minimum absolute atomic E-state index is 0.255. The molecule has 8 nitrogen and oxygen atoms in total. The average molecular weight is 372 g/mol. The zero-order valence-corrected chi connectivity index (χ0v) is 14.7. The molecule has 0 saturated carbocycles. The largest absolute Gasteiger partial charge is 0.439 e. The van der Waals surface area contributed by atoms with E-state index in [0.29, 0.717) is 28.6 Å². The van der Waals surface area contributed by atoms with Crippen LogP contribution in [0.5, 0.6) is 11.6 Å². The Labute approximate surface area is 160 Å². The van der Waals surface area contributed by atoms with E-state index >= 15 is 0 Å². The van der Waals surface area contributed by atoms with Crippen LogP contribution < -0.4 is 10.1 Å². The lowest BCUT2D eigenvalue weighted by molar-refractivity contribution is 0.0951. The second-order valence-corrected chi connectivity index (χ2v) is 5.85. The fourth-order valence-electron chi connectivity index (χ4n) is 2.67. The van der Waals surface area contributed by atoms with Crippen LogP contribution in [-0.2, 0) is 6.54 Å². The van der Waals surface area contributed by atoms with Gasteiger partial charge in [-0.3, -0.25) is 4.79 Å². The van der Waals surface area contributed by atoms with Gasteiger partial charge in [-0.2, -0.15) is 5.21 Å². The van der Waals surface area contributed by atoms with Crippen LogP contribution in [0.2, 0.25) is 0 Å². The Balaban J connectivity index is 1.51. The maximum absolute atomic E-state index is 12.7. The molecule has 0 aliphatic heterocycles. The minimum atomic E-state index is -0.255. The molecule has 28 heavy (non-hydrogen) atoms. The van der Waals surface area contributed by atoms with Crippen molar-refractivity contribution in [3.05, 3.63) is 84.1 Å². The molecule has 2 aromatic carbocycles. The van der Waals surface area contributed by atoms with E-state index in [1.807, 2.05) is 42.5 Å². The average Bonchev–Trinajstić information content (AvgIpc) is 3.28. The summed E-state index contributed by atoms with van der Waals surface area (Å²) in [4.78, 5) is 17.0. The summed E-state index contributed by atoms with van der Waals surface area (Å²) in [5.41, 5.74) is 1.82. The number of hydrogen-bond acceptors (Lipinski definition) is 6. The van der Waals surface area contributed by atoms with Crippen molar-refractivity contribution in [2.24, 2.45) is 0 Å². The number of nitrogens with zero attached hydrogens (tertiary/aromatic N) is 4. The maximum atomic E-state index is 12.7. The molecule has 138 valence electrons. The molecule has 0 atom stereocenters. The number of pyridine rings is 1. The molecular formula is C20H16N6O2. The Morgan fingerprint density at radius 1 is 1.00 bits per heavy atom. The summed E-state index contributed by atoms with van der Waals surface area (Å²) in [7, 11) is 0. The van der Waals surface area contributed by atoms with Gasteiger partial charge in [-0.15, -0.1) is 10.2 Å². The third-order valence-corrected chi connectivity index (χ3v) is 4.01. The van der Waals surface area contributed by atoms with Gasteiger partial charge in [0.15, 0.2) is 0 Å². The lowest BCUT2D eigenvalue weighted by Crippen LogP contribution is -2.23. The molecule has 0 fully saturated rings. The van der Waals surface area contributed by atoms with E-state index in [9.17, 15) is 4.79 Å². The van der Waals surface area contributed by atoms with E-state index in [1.54, 1.807) is 30.5 Å². The van der Waals surface area contributed by atoms with Crippen molar-refractivity contribution in [3.8, 4) is 23.0 Å². The summed E-state index contributed by atoms with van der Waals surface area (Å²) in [5.74, 6) is 1.23. The van der Waals surface area contributed by atoms with Crippen LogP contribution in [0.4, 0.5) is 0 Å². The molecule has 8 heteroatoms. The van der Waals surface area contributed by atoms with Crippen molar-refractivity contribution in [3.63, 3.8) is 0 Å². The van der Waals surface area contributed by atoms with Gasteiger partial charge in [0.05, 0.1) is 5.56 Å². The zero-order chi connectivity index (χ0) is 19.2. The van der Waals surface area contributed by atoms with E-state index in [-0.39, 0.29) is 12.5 Å². The zero-order valence-electron chi connectivity index (χ0n) is 14.7. The first-order valence-corrected chi connectivity index (χ1v) is 8.59. The van der Waals surface area contributed by atoms with Crippen molar-refractivity contribution in [1.82, 2.24) is 30.9 Å². The monoisotopic (exact) mass is 372 g/mol. The molecule has 0 saturated heterocycles. The first-order valence-electron chi connectivity index (χ1n) is 8.59. The first-order chi connectivity index (χ1) is 13.8. The van der Waals surface area contributed by atoms with Crippen LogP contribution in [-0.4, -0.2) is 31.5 Å². The third-order valence-electron chi connectivity index (χ3n) is 4.01. The quantitative estimate of drug-likeness (QED) is 0.539. The number of benzene rings is 2. The van der Waals surface area contributed by atoms with E-state index in [4.69, 9.17) is 4.74 Å². The second-order valence-electron chi connectivity index (χ2n) is 5.85. The Morgan fingerprint density at radius 3 is 2.64 bits per heavy atom. The predicted octanol–water partition coefficient (Wildman–Crippen LogP) is 2.98. The SMILES string of the molecule is O=C(NCc1cccnc1Oc1ccccc1)c1ccccc1-c1nn[nH]n1. The van der Waals surface area contributed by atoms with Gasteiger partial charge < -0.3 is 10.1 Å². The summed E-state index contributed by atoms with van der Waals surface area (Å²) in [6, 6.07) is 20.1. The number of para-hydroxylation sites is 1. The fraction of sp³-hybridized carbons (Fsp3) is 0.0500. The lowest BCUT2D eigenvalue weighted by atomic mass is 10.1. The second kappa shape index (κ2) is 8.09. The molecular weight excluding hydrogens is 356 g/mol. The maximum Gasteiger partial charge on any atom is 0.252 e. The van der Waals surface area contributed by atoms with E-state index < -0.39 is 0 Å². The number of nitrogens with one attached hydrogen (secondary N) is 2. The van der Waals surface area contributed by atoms with E-state index in [2.05, 4.69) is 30.9 Å². The number of carbonyl (C=O) groups excluding carboxylic acids is 1. The number of H-pyrrole nitrogens is 1. The van der Waals surface area contributed by atoms with Crippen LogP contribution in [0.15, 0.2) is 72.9 Å². The Hall–Kier alpha value is -4.07. The number of carbonyl (C=O) groups is 1. The topological polar surface area (TPSA) is 106 Å². The van der Waals surface area contributed by atoms with Gasteiger partial charge in [-0.25, -0.2) is 4.98 Å². The first kappa shape index (κ1) is 17.3. The number of ether oxygens (including phenoxy) is 1. The number of aromatic amines is 1. The van der Waals surface area contributed by atoms with E-state index in [1.165, 1.54) is 0 Å². The lowest BCUT2D eigenvalue weighted by Gasteiger charge is -2.11. The number of hydrogen-bond donors (Lipinski definition) is 2. The molecule has 0 bridgehead atoms. The van der Waals surface area contributed by atoms with Crippen LogP contribution in [0, 0.1) is 0 Å². The molecule has 2 aromatic heterocycles. The Bertz CT molecular complexity index is 1070. The Morgan fingerprint density at radius 2 is 1.82 bits per heavy atom. The van der Waals surface area contributed by atoms with Gasteiger partial charge in [-0.1, -0.05) is 42.5 Å². The fourth-order valence-corrected chi connectivity index (χ4v) is 2.67. The van der Waals surface area contributed by atoms with Gasteiger partial charge in [0.1, 0.15) is 5.75 Å². The van der Waals surface area contributed by atoms with E-state index in [0.717, 1.165) is 5.56 Å². The molecule has 0 spiro atoms. The predicted molar refractivity (Wildman–Crippen MR) is 102 cm³/mol. The number of aromatic nitrogens is 5. The smallest absolute Gasteiger partial charge is 0.252 e. The van der Waals surface area contributed by atoms with Crippen LogP contribution in [0.25, 0.3) is 11.4 Å². The third kappa shape index (κ3) is 3.85. The van der Waals surface area contributed by atoms with Gasteiger partial charge >= 0.3 is 0 Å². The van der Waals surface area contributed by atoms with Crippen molar-refractivity contribution < 1.29 is 9.53 Å². The molecule has 0 radical (unpaired) electrons. The van der Waals surface area contributed by atoms with Gasteiger partial charge in [0.25, 0.3) is 5.91 Å². The van der Waals surface area contributed by atoms with Crippen LogP contribution in [0.1, 0.15) is 15.9 Å². The van der Waals surface area contributed by atoms with Crippen LogP contribution >= 0.6 is 0 Å². The molecule has 1 amide bonds. The highest BCUT2D eigenvalue weighted by molar-refractivity contribution is 6.00. The standard InChI is InChI=1S/C20H16N6O2/c27-19(17-11-5-4-10-16(17)18-23-25-26-24-18)22-13-14-7-6-12-21-20(14)28-15-8-2-1-3-9-15/h1-12H,13H2,(H,22,27)(H,23,24,25,26). The molecule has 4 aromatic rings. The molecule has 0 unspecified atom stereocenters. The highest BCUT2D eigenvalue weighted by Gasteiger charge is 2.16. The number of amides is 1.